The first kappa shape index (κ1) is 26.0. The van der Waals surface area contributed by atoms with Gasteiger partial charge in [-0.15, -0.1) is 0 Å². The topological polar surface area (TPSA) is 7.12 Å². The molecule has 1 aromatic heterocycles. The van der Waals surface area contributed by atoms with Gasteiger partial charge in [-0.2, -0.15) is 4.57 Å². The van der Waals surface area contributed by atoms with Gasteiger partial charge in [0, 0.05) is 23.1 Å². The van der Waals surface area contributed by atoms with Crippen LogP contribution in [0.15, 0.2) is 109 Å². The van der Waals surface area contributed by atoms with E-state index in [2.05, 4.69) is 161 Å². The van der Waals surface area contributed by atoms with Crippen LogP contribution in [0, 0.1) is 13.8 Å². The van der Waals surface area contributed by atoms with Gasteiger partial charge in [0.05, 0.1) is 28.4 Å². The number of nitrogens with zero attached hydrogens (tertiary/aromatic N) is 2. The molecule has 3 aliphatic heterocycles. The molecule has 1 aliphatic carbocycles. The molecule has 2 unspecified atom stereocenters. The smallest absolute Gasteiger partial charge is 0.292 e. The van der Waals surface area contributed by atoms with E-state index in [4.69, 9.17) is 0 Å². The Morgan fingerprint density at radius 2 is 1.45 bits per heavy atom. The van der Waals surface area contributed by atoms with Crippen LogP contribution in [0.5, 0.6) is 0 Å². The molecule has 4 heterocycles. The number of fused-ring (bicyclic) bond motifs is 16. The molecule has 1 spiro atoms. The van der Waals surface area contributed by atoms with E-state index in [0.717, 1.165) is 0 Å². The predicted molar refractivity (Wildman–Crippen MR) is 180 cm³/mol. The fraction of sp³-hybridized carbons (Fsp3) is 0.262. The largest absolute Gasteiger partial charge is 0.299 e. The molecule has 4 aliphatic rings. The van der Waals surface area contributed by atoms with Crippen molar-refractivity contribution in [3.63, 3.8) is 0 Å². The third kappa shape index (κ3) is 2.90. The first-order valence-corrected chi connectivity index (χ1v) is 16.1. The zero-order chi connectivity index (χ0) is 30.3. The first-order chi connectivity index (χ1) is 21.1. The predicted octanol–water partition coefficient (Wildman–Crippen LogP) is 9.29. The summed E-state index contributed by atoms with van der Waals surface area (Å²) in [5, 5.41) is 0. The zero-order valence-electron chi connectivity index (χ0n) is 26.8. The van der Waals surface area contributed by atoms with Gasteiger partial charge in [-0.3, -0.25) is 4.90 Å². The minimum absolute atomic E-state index is 0.0312. The Balaban J connectivity index is 1.49. The van der Waals surface area contributed by atoms with Crippen LogP contribution in [0.1, 0.15) is 90.7 Å². The zero-order valence-corrected chi connectivity index (χ0v) is 26.8. The van der Waals surface area contributed by atoms with E-state index in [1.165, 1.54) is 78.2 Å². The highest BCUT2D eigenvalue weighted by Crippen LogP contribution is 2.66. The van der Waals surface area contributed by atoms with Crippen molar-refractivity contribution in [2.24, 2.45) is 0 Å². The lowest BCUT2D eigenvalue weighted by molar-refractivity contribution is -0.727. The number of pyridine rings is 1. The highest BCUT2D eigenvalue weighted by Gasteiger charge is 2.68. The Labute approximate surface area is 261 Å². The van der Waals surface area contributed by atoms with Crippen molar-refractivity contribution in [1.82, 2.24) is 0 Å². The molecule has 44 heavy (non-hydrogen) atoms. The number of para-hydroxylation sites is 1. The maximum atomic E-state index is 2.83. The molecule has 0 fully saturated rings. The quantitative estimate of drug-likeness (QED) is 0.168. The third-order valence-corrected chi connectivity index (χ3v) is 11.0. The van der Waals surface area contributed by atoms with Gasteiger partial charge >= 0.3 is 0 Å². The second kappa shape index (κ2) is 8.18. The summed E-state index contributed by atoms with van der Waals surface area (Å²) in [6.45, 7) is 16.5. The van der Waals surface area contributed by atoms with Gasteiger partial charge in [0.15, 0.2) is 6.20 Å². The Hall–Kier alpha value is -4.43. The number of rotatable bonds is 0. The lowest BCUT2D eigenvalue weighted by Gasteiger charge is -2.44. The Morgan fingerprint density at radius 1 is 0.727 bits per heavy atom. The van der Waals surface area contributed by atoms with Crippen LogP contribution in [-0.2, 0) is 16.5 Å². The summed E-state index contributed by atoms with van der Waals surface area (Å²) >= 11 is 0. The Morgan fingerprint density at radius 3 is 2.25 bits per heavy atom. The minimum Gasteiger partial charge on any atom is -0.292 e. The second-order valence-corrected chi connectivity index (χ2v) is 14.9. The molecule has 0 amide bonds. The lowest BCUT2D eigenvalue weighted by atomic mass is 9.74. The molecule has 0 saturated heterocycles. The van der Waals surface area contributed by atoms with E-state index in [0.29, 0.717) is 0 Å². The highest BCUT2D eigenvalue weighted by molar-refractivity contribution is 5.99. The Bertz CT molecular complexity index is 2120. The summed E-state index contributed by atoms with van der Waals surface area (Å²) in [5.74, 6) is 0. The van der Waals surface area contributed by atoms with E-state index in [1.807, 2.05) is 0 Å². The van der Waals surface area contributed by atoms with Crippen molar-refractivity contribution in [1.29, 1.82) is 0 Å². The monoisotopic (exact) mass is 571 g/mol. The minimum atomic E-state index is -0.523. The van der Waals surface area contributed by atoms with Gasteiger partial charge in [0.2, 0.25) is 5.69 Å². The maximum Gasteiger partial charge on any atom is 0.299 e. The average Bonchev–Trinajstić information content (AvgIpc) is 3.55. The normalized spacial score (nSPS) is 21.4. The average molecular weight is 572 g/mol. The van der Waals surface area contributed by atoms with Crippen molar-refractivity contribution in [3.05, 3.63) is 159 Å². The number of benzene rings is 4. The second-order valence-electron chi connectivity index (χ2n) is 14.9. The molecule has 2 nitrogen and oxygen atoms in total. The molecule has 0 N–H and O–H groups in total. The van der Waals surface area contributed by atoms with Crippen molar-refractivity contribution in [2.45, 2.75) is 71.0 Å². The summed E-state index contributed by atoms with van der Waals surface area (Å²) < 4.78 is 2.60. The van der Waals surface area contributed by atoms with Gasteiger partial charge in [0.1, 0.15) is 0 Å². The number of anilines is 1. The van der Waals surface area contributed by atoms with Crippen molar-refractivity contribution >= 4 is 11.3 Å². The molecule has 2 heteroatoms. The van der Waals surface area contributed by atoms with Crippen LogP contribution >= 0.6 is 0 Å². The molecular weight excluding hydrogens is 532 g/mol. The maximum absolute atomic E-state index is 2.83. The van der Waals surface area contributed by atoms with Gasteiger partial charge < -0.3 is 0 Å². The molecule has 216 valence electrons. The Kier molecular flexibility index (Phi) is 4.84. The molecule has 5 aromatic rings. The summed E-state index contributed by atoms with van der Waals surface area (Å²) in [6, 6.07) is 37.4. The fourth-order valence-electron chi connectivity index (χ4n) is 9.35. The summed E-state index contributed by atoms with van der Waals surface area (Å²) in [5.41, 5.74) is 18.8. The van der Waals surface area contributed by atoms with Crippen LogP contribution in [0.4, 0.5) is 5.69 Å². The van der Waals surface area contributed by atoms with Crippen LogP contribution in [-0.4, -0.2) is 0 Å². The van der Waals surface area contributed by atoms with Crippen LogP contribution in [0.25, 0.3) is 16.8 Å². The number of hydrogen-bond donors (Lipinski definition) is 0. The standard InChI is InChI=1S/C42H39N2/c1-25-22-26(2)37-31(23-25)39-38-36(29-14-8-10-16-32(29)41(38,6)7)30-15-9-11-18-35(30)44(39)42(37)33-24-27(40(3,4)5)19-20-28(33)34-17-12-13-21-43(34)42/h8-24,39H,1-7H3/q+1. The van der Waals surface area contributed by atoms with Crippen molar-refractivity contribution in [3.8, 4) is 11.3 Å². The third-order valence-electron chi connectivity index (χ3n) is 11.0. The molecule has 0 saturated carbocycles. The van der Waals surface area contributed by atoms with E-state index in [-0.39, 0.29) is 16.9 Å². The van der Waals surface area contributed by atoms with Gasteiger partial charge in [0.25, 0.3) is 5.66 Å². The lowest BCUT2D eigenvalue weighted by Crippen LogP contribution is -2.64. The number of aryl methyl sites for hydroxylation is 2. The van der Waals surface area contributed by atoms with Gasteiger partial charge in [-0.1, -0.05) is 101 Å². The van der Waals surface area contributed by atoms with Crippen LogP contribution in [0.2, 0.25) is 0 Å². The first-order valence-electron chi connectivity index (χ1n) is 16.1. The van der Waals surface area contributed by atoms with E-state index in [1.54, 1.807) is 0 Å². The molecule has 4 aromatic carbocycles. The summed E-state index contributed by atoms with van der Waals surface area (Å²) in [4.78, 5) is 2.83. The summed E-state index contributed by atoms with van der Waals surface area (Å²) in [6.07, 6.45) is 2.33. The van der Waals surface area contributed by atoms with Gasteiger partial charge in [-0.25, -0.2) is 0 Å². The van der Waals surface area contributed by atoms with Crippen molar-refractivity contribution < 1.29 is 4.57 Å². The fourth-order valence-corrected chi connectivity index (χ4v) is 9.35. The highest BCUT2D eigenvalue weighted by atomic mass is 15.4. The molecule has 2 atom stereocenters. The molecular formula is C42H39N2+. The molecule has 0 radical (unpaired) electrons. The van der Waals surface area contributed by atoms with Gasteiger partial charge in [-0.05, 0) is 82.5 Å². The SMILES string of the molecule is Cc1cc(C)c2c(c1)C1C3=C(c4ccccc4N1C21c2cc(C(C)(C)C)ccc2-c2cccc[n+]21)c1ccccc1C3(C)C. The van der Waals surface area contributed by atoms with E-state index in [9.17, 15) is 0 Å². The van der Waals surface area contributed by atoms with E-state index < -0.39 is 5.66 Å². The van der Waals surface area contributed by atoms with Crippen molar-refractivity contribution in [2.75, 3.05) is 4.90 Å². The molecule has 0 bridgehead atoms. The summed E-state index contributed by atoms with van der Waals surface area (Å²) in [7, 11) is 0. The van der Waals surface area contributed by atoms with Crippen LogP contribution in [0.3, 0.4) is 0 Å². The molecule has 9 rings (SSSR count). The number of aromatic nitrogens is 1. The number of hydrogen-bond acceptors (Lipinski definition) is 1. The van der Waals surface area contributed by atoms with Crippen LogP contribution < -0.4 is 9.47 Å². The van der Waals surface area contributed by atoms with E-state index >= 15 is 0 Å².